The molecule has 3 atom stereocenters. The van der Waals surface area contributed by atoms with Gasteiger partial charge in [-0.15, -0.1) is 0 Å². The first kappa shape index (κ1) is 18.8. The topological polar surface area (TPSA) is 38.3 Å². The normalized spacial score (nSPS) is 27.3. The molecule has 1 aliphatic rings. The van der Waals surface area contributed by atoms with Crippen molar-refractivity contribution < 1.29 is 9.53 Å². The average molecular weight is 316 g/mol. The molecule has 124 valence electrons. The Morgan fingerprint density at radius 3 is 2.81 bits per heavy atom. The van der Waals surface area contributed by atoms with Gasteiger partial charge in [-0.25, -0.2) is 0 Å². The summed E-state index contributed by atoms with van der Waals surface area (Å²) in [4.78, 5) is 12.5. The minimum atomic E-state index is -0.433. The third-order valence-electron chi connectivity index (χ3n) is 4.40. The molecule has 0 spiro atoms. The Morgan fingerprint density at radius 2 is 2.19 bits per heavy atom. The van der Waals surface area contributed by atoms with Crippen molar-refractivity contribution in [1.29, 1.82) is 0 Å². The van der Waals surface area contributed by atoms with Gasteiger partial charge in [-0.3, -0.25) is 4.79 Å². The standard InChI is InChI=1S/C17H33NO2S/c1-5-11-18-17(16(19)20-7-3)10-8-9-15(12-17)21-13-14(4)6-2/h14-15,18H,5-13H2,1-4H3. The average Bonchev–Trinajstić information content (AvgIpc) is 2.51. The second-order valence-corrected chi connectivity index (χ2v) is 7.63. The van der Waals surface area contributed by atoms with Gasteiger partial charge in [0.2, 0.25) is 0 Å². The maximum Gasteiger partial charge on any atom is 0.326 e. The van der Waals surface area contributed by atoms with Gasteiger partial charge in [-0.05, 0) is 57.2 Å². The Kier molecular flexibility index (Phi) is 8.72. The van der Waals surface area contributed by atoms with Crippen molar-refractivity contribution in [3.63, 3.8) is 0 Å². The largest absolute Gasteiger partial charge is 0.465 e. The van der Waals surface area contributed by atoms with Crippen molar-refractivity contribution in [3.05, 3.63) is 0 Å². The Morgan fingerprint density at radius 1 is 1.43 bits per heavy atom. The van der Waals surface area contributed by atoms with Crippen molar-refractivity contribution in [2.24, 2.45) is 5.92 Å². The van der Waals surface area contributed by atoms with Crippen LogP contribution in [0.25, 0.3) is 0 Å². The van der Waals surface area contributed by atoms with Crippen molar-refractivity contribution in [3.8, 4) is 0 Å². The summed E-state index contributed by atoms with van der Waals surface area (Å²) < 4.78 is 5.37. The van der Waals surface area contributed by atoms with Gasteiger partial charge < -0.3 is 10.1 Å². The van der Waals surface area contributed by atoms with E-state index in [9.17, 15) is 4.79 Å². The van der Waals surface area contributed by atoms with E-state index in [4.69, 9.17) is 4.74 Å². The lowest BCUT2D eigenvalue weighted by atomic mass is 9.81. The summed E-state index contributed by atoms with van der Waals surface area (Å²) in [5.74, 6) is 1.93. The highest BCUT2D eigenvalue weighted by molar-refractivity contribution is 7.99. The zero-order chi connectivity index (χ0) is 15.7. The Hall–Kier alpha value is -0.220. The van der Waals surface area contributed by atoms with Gasteiger partial charge in [0, 0.05) is 5.25 Å². The Bertz CT molecular complexity index is 311. The number of thioether (sulfide) groups is 1. The summed E-state index contributed by atoms with van der Waals surface area (Å²) in [6.07, 6.45) is 6.48. The molecule has 4 heteroatoms. The van der Waals surface area contributed by atoms with E-state index >= 15 is 0 Å². The zero-order valence-corrected chi connectivity index (χ0v) is 15.1. The number of ether oxygens (including phenoxy) is 1. The second-order valence-electron chi connectivity index (χ2n) is 6.29. The molecule has 0 heterocycles. The molecule has 0 radical (unpaired) electrons. The van der Waals surface area contributed by atoms with Crippen LogP contribution >= 0.6 is 11.8 Å². The van der Waals surface area contributed by atoms with Crippen LogP contribution in [0.4, 0.5) is 0 Å². The number of hydrogen-bond acceptors (Lipinski definition) is 4. The molecule has 0 saturated heterocycles. The van der Waals surface area contributed by atoms with Crippen LogP contribution in [0.3, 0.4) is 0 Å². The fraction of sp³-hybridized carbons (Fsp3) is 0.941. The van der Waals surface area contributed by atoms with E-state index in [0.29, 0.717) is 11.9 Å². The van der Waals surface area contributed by atoms with Gasteiger partial charge in [-0.2, -0.15) is 11.8 Å². The van der Waals surface area contributed by atoms with Crippen LogP contribution in [-0.4, -0.2) is 35.7 Å². The molecule has 0 aliphatic heterocycles. The fourth-order valence-electron chi connectivity index (χ4n) is 2.84. The monoisotopic (exact) mass is 315 g/mol. The SMILES string of the molecule is CCCNC1(C(=O)OCC)CCCC(SCC(C)CC)C1. The molecule has 0 aromatic rings. The van der Waals surface area contributed by atoms with Crippen LogP contribution in [0.2, 0.25) is 0 Å². The summed E-state index contributed by atoms with van der Waals surface area (Å²) in [5, 5.41) is 4.10. The number of rotatable bonds is 9. The predicted molar refractivity (Wildman–Crippen MR) is 91.8 cm³/mol. The molecule has 3 nitrogen and oxygen atoms in total. The molecule has 1 fully saturated rings. The summed E-state index contributed by atoms with van der Waals surface area (Å²) >= 11 is 2.05. The molecule has 0 aromatic carbocycles. The number of carbonyl (C=O) groups excluding carboxylic acids is 1. The van der Waals surface area contributed by atoms with Crippen molar-refractivity contribution in [2.75, 3.05) is 18.9 Å². The molecule has 1 aliphatic carbocycles. The quantitative estimate of drug-likeness (QED) is 0.652. The third-order valence-corrected chi connectivity index (χ3v) is 6.03. The molecular formula is C17H33NO2S. The summed E-state index contributed by atoms with van der Waals surface area (Å²) in [7, 11) is 0. The molecule has 0 amide bonds. The van der Waals surface area contributed by atoms with Gasteiger partial charge in [0.1, 0.15) is 5.54 Å². The number of hydrogen-bond donors (Lipinski definition) is 1. The lowest BCUT2D eigenvalue weighted by molar-refractivity contribution is -0.152. The molecule has 0 bridgehead atoms. The van der Waals surface area contributed by atoms with E-state index < -0.39 is 5.54 Å². The van der Waals surface area contributed by atoms with E-state index in [1.54, 1.807) is 0 Å². The van der Waals surface area contributed by atoms with Gasteiger partial charge in [0.05, 0.1) is 6.61 Å². The maximum atomic E-state index is 12.5. The number of esters is 1. The molecule has 0 aromatic heterocycles. The smallest absolute Gasteiger partial charge is 0.326 e. The van der Waals surface area contributed by atoms with E-state index in [2.05, 4.69) is 37.8 Å². The van der Waals surface area contributed by atoms with Crippen molar-refractivity contribution >= 4 is 17.7 Å². The van der Waals surface area contributed by atoms with Gasteiger partial charge >= 0.3 is 5.97 Å². The summed E-state index contributed by atoms with van der Waals surface area (Å²) in [6, 6.07) is 0. The molecule has 21 heavy (non-hydrogen) atoms. The van der Waals surface area contributed by atoms with Gasteiger partial charge in [0.15, 0.2) is 0 Å². The highest BCUT2D eigenvalue weighted by Gasteiger charge is 2.43. The maximum absolute atomic E-state index is 12.5. The molecule has 1 rings (SSSR count). The Labute approximate surface area is 135 Å². The van der Waals surface area contributed by atoms with Crippen LogP contribution in [0.15, 0.2) is 0 Å². The first-order chi connectivity index (χ1) is 10.1. The first-order valence-corrected chi connectivity index (χ1v) is 9.66. The van der Waals surface area contributed by atoms with Gasteiger partial charge in [-0.1, -0.05) is 27.2 Å². The fourth-order valence-corrected chi connectivity index (χ4v) is 4.41. The lowest BCUT2D eigenvalue weighted by Gasteiger charge is -2.39. The van der Waals surface area contributed by atoms with Gasteiger partial charge in [0.25, 0.3) is 0 Å². The second kappa shape index (κ2) is 9.73. The first-order valence-electron chi connectivity index (χ1n) is 8.61. The van der Waals surface area contributed by atoms with Crippen molar-refractivity contribution in [1.82, 2.24) is 5.32 Å². The van der Waals surface area contributed by atoms with E-state index in [0.717, 1.165) is 38.1 Å². The van der Waals surface area contributed by atoms with Crippen LogP contribution in [0, 0.1) is 5.92 Å². The third kappa shape index (κ3) is 5.82. The van der Waals surface area contributed by atoms with E-state index in [1.165, 1.54) is 18.6 Å². The minimum absolute atomic E-state index is 0.0349. The number of carbonyl (C=O) groups is 1. The minimum Gasteiger partial charge on any atom is -0.465 e. The van der Waals surface area contributed by atoms with Crippen LogP contribution < -0.4 is 5.32 Å². The van der Waals surface area contributed by atoms with Crippen LogP contribution in [0.1, 0.15) is 66.2 Å². The number of nitrogens with one attached hydrogen (secondary N) is 1. The predicted octanol–water partition coefficient (Wildman–Crippen LogP) is 4.01. The summed E-state index contributed by atoms with van der Waals surface area (Å²) in [6.45, 7) is 9.95. The van der Waals surface area contributed by atoms with E-state index in [-0.39, 0.29) is 5.97 Å². The summed E-state index contributed by atoms with van der Waals surface area (Å²) in [5.41, 5.74) is -0.433. The van der Waals surface area contributed by atoms with Crippen molar-refractivity contribution in [2.45, 2.75) is 77.0 Å². The zero-order valence-electron chi connectivity index (χ0n) is 14.2. The molecule has 1 N–H and O–H groups in total. The molecule has 3 unspecified atom stereocenters. The van der Waals surface area contributed by atoms with E-state index in [1.807, 2.05) is 6.92 Å². The highest BCUT2D eigenvalue weighted by atomic mass is 32.2. The molecular weight excluding hydrogens is 282 g/mol. The van der Waals surface area contributed by atoms with Crippen LogP contribution in [-0.2, 0) is 9.53 Å². The lowest BCUT2D eigenvalue weighted by Crippen LogP contribution is -2.56. The molecule has 1 saturated carbocycles. The highest BCUT2D eigenvalue weighted by Crippen LogP contribution is 2.36. The Balaban J connectivity index is 2.66. The van der Waals surface area contributed by atoms with Crippen LogP contribution in [0.5, 0.6) is 0 Å².